The maximum Gasteiger partial charge on any atom is 0.147 e. The van der Waals surface area contributed by atoms with Crippen LogP contribution >= 0.6 is 0 Å². The van der Waals surface area contributed by atoms with Gasteiger partial charge in [-0.2, -0.15) is 0 Å². The van der Waals surface area contributed by atoms with Crippen molar-refractivity contribution in [2.45, 2.75) is 45.3 Å². The van der Waals surface area contributed by atoms with Gasteiger partial charge in [-0.3, -0.25) is 9.88 Å². The fraction of sp³-hybridized carbons (Fsp3) is 0.545. The predicted molar refractivity (Wildman–Crippen MR) is 111 cm³/mol. The molecule has 0 N–H and O–H groups in total. The molecule has 27 heavy (non-hydrogen) atoms. The normalized spacial score (nSPS) is 24.5. The van der Waals surface area contributed by atoms with Crippen molar-refractivity contribution in [2.75, 3.05) is 38.1 Å². The van der Waals surface area contributed by atoms with Crippen LogP contribution in [0, 0.1) is 0 Å². The predicted octanol–water partition coefficient (Wildman–Crippen LogP) is 3.27. The van der Waals surface area contributed by atoms with Crippen LogP contribution in [-0.2, 0) is 6.54 Å². The summed E-state index contributed by atoms with van der Waals surface area (Å²) in [6.45, 7) is 10.1. The molecule has 0 amide bonds. The number of hydrogen-bond acceptors (Lipinski definition) is 5. The molecule has 2 atom stereocenters. The minimum absolute atomic E-state index is 0.592. The van der Waals surface area contributed by atoms with Gasteiger partial charge in [0.05, 0.1) is 18.1 Å². The Labute approximate surface area is 163 Å². The van der Waals surface area contributed by atoms with Crippen molar-refractivity contribution in [3.8, 4) is 11.3 Å². The van der Waals surface area contributed by atoms with Gasteiger partial charge in [-0.05, 0) is 39.3 Å². The van der Waals surface area contributed by atoms with E-state index in [-0.39, 0.29) is 0 Å². The van der Waals surface area contributed by atoms with Crippen LogP contribution in [0.5, 0.6) is 0 Å². The van der Waals surface area contributed by atoms with Gasteiger partial charge in [-0.1, -0.05) is 24.3 Å². The fourth-order valence-electron chi connectivity index (χ4n) is 4.19. The maximum absolute atomic E-state index is 4.65. The second-order valence-corrected chi connectivity index (χ2v) is 8.22. The first kappa shape index (κ1) is 18.4. The summed E-state index contributed by atoms with van der Waals surface area (Å²) in [6.07, 6.45) is 6.35. The molecule has 5 nitrogen and oxygen atoms in total. The summed E-state index contributed by atoms with van der Waals surface area (Å²) in [5, 5.41) is 0. The first-order chi connectivity index (χ1) is 13.1. The van der Waals surface area contributed by atoms with Crippen LogP contribution in [0.15, 0.2) is 36.7 Å². The largest absolute Gasteiger partial charge is 0.355 e. The van der Waals surface area contributed by atoms with Gasteiger partial charge >= 0.3 is 0 Å². The summed E-state index contributed by atoms with van der Waals surface area (Å²) < 4.78 is 0. The van der Waals surface area contributed by atoms with E-state index >= 15 is 0 Å². The molecule has 2 saturated heterocycles. The van der Waals surface area contributed by atoms with Crippen LogP contribution in [0.2, 0.25) is 0 Å². The van der Waals surface area contributed by atoms with Gasteiger partial charge < -0.3 is 9.80 Å². The minimum Gasteiger partial charge on any atom is -0.355 e. The Balaban J connectivity index is 1.41. The fourth-order valence-corrected chi connectivity index (χ4v) is 4.19. The Hall–Kier alpha value is -1.98. The monoisotopic (exact) mass is 365 g/mol. The lowest BCUT2D eigenvalue weighted by atomic mass is 10.1. The third-order valence-corrected chi connectivity index (χ3v) is 6.13. The van der Waals surface area contributed by atoms with Crippen molar-refractivity contribution in [3.63, 3.8) is 0 Å². The Morgan fingerprint density at radius 2 is 1.67 bits per heavy atom. The highest BCUT2D eigenvalue weighted by molar-refractivity contribution is 5.59. The van der Waals surface area contributed by atoms with E-state index in [1.807, 2.05) is 12.4 Å². The summed E-state index contributed by atoms with van der Waals surface area (Å²) in [5.74, 6) is 1.01. The van der Waals surface area contributed by atoms with E-state index in [9.17, 15) is 0 Å². The summed E-state index contributed by atoms with van der Waals surface area (Å²) in [4.78, 5) is 16.6. The van der Waals surface area contributed by atoms with Crippen LogP contribution < -0.4 is 4.90 Å². The van der Waals surface area contributed by atoms with Gasteiger partial charge in [0, 0.05) is 50.4 Å². The van der Waals surface area contributed by atoms with Crippen LogP contribution in [0.4, 0.5) is 5.82 Å². The number of nitrogens with zero attached hydrogens (tertiary/aromatic N) is 5. The molecule has 4 rings (SSSR count). The smallest absolute Gasteiger partial charge is 0.147 e. The highest BCUT2D eigenvalue weighted by Crippen LogP contribution is 2.22. The second kappa shape index (κ2) is 7.95. The van der Waals surface area contributed by atoms with Gasteiger partial charge in [0.25, 0.3) is 0 Å². The number of benzene rings is 1. The average molecular weight is 366 g/mol. The lowest BCUT2D eigenvalue weighted by Crippen LogP contribution is -2.54. The third kappa shape index (κ3) is 4.14. The lowest BCUT2D eigenvalue weighted by molar-refractivity contribution is 0.0546. The molecule has 0 bridgehead atoms. The van der Waals surface area contributed by atoms with Crippen molar-refractivity contribution < 1.29 is 0 Å². The zero-order chi connectivity index (χ0) is 18.8. The topological polar surface area (TPSA) is 35.5 Å². The van der Waals surface area contributed by atoms with Gasteiger partial charge in [0.15, 0.2) is 0 Å². The Kier molecular flexibility index (Phi) is 5.41. The van der Waals surface area contributed by atoms with E-state index in [4.69, 9.17) is 0 Å². The lowest BCUT2D eigenvalue weighted by Gasteiger charge is -2.42. The van der Waals surface area contributed by atoms with Gasteiger partial charge in [-0.25, -0.2) is 4.98 Å². The van der Waals surface area contributed by atoms with Crippen molar-refractivity contribution >= 4 is 5.82 Å². The van der Waals surface area contributed by atoms with E-state index in [0.29, 0.717) is 12.1 Å². The molecule has 0 aliphatic carbocycles. The molecule has 0 unspecified atom stereocenters. The van der Waals surface area contributed by atoms with Gasteiger partial charge in [0.2, 0.25) is 0 Å². The quantitative estimate of drug-likeness (QED) is 0.831. The SMILES string of the molecule is C[C@@H]1CN(Cc2ccc(-c3cnc(N4CCCC4)cn3)cc2)[C@H](C)CN1C. The number of hydrogen-bond donors (Lipinski definition) is 0. The Morgan fingerprint density at radius 3 is 2.33 bits per heavy atom. The Morgan fingerprint density at radius 1 is 0.926 bits per heavy atom. The second-order valence-electron chi connectivity index (χ2n) is 8.22. The molecule has 5 heteroatoms. The van der Waals surface area contributed by atoms with E-state index < -0.39 is 0 Å². The maximum atomic E-state index is 4.65. The first-order valence-corrected chi connectivity index (χ1v) is 10.2. The molecule has 2 aromatic rings. The summed E-state index contributed by atoms with van der Waals surface area (Å²) >= 11 is 0. The zero-order valence-corrected chi connectivity index (χ0v) is 16.8. The third-order valence-electron chi connectivity index (χ3n) is 6.13. The standard InChI is InChI=1S/C22H31N5/c1-17-15-27(18(2)14-25(17)3)16-19-6-8-20(9-7-19)21-12-24-22(13-23-21)26-10-4-5-11-26/h6-9,12-13,17-18H,4-5,10-11,14-16H2,1-3H3/t17-,18-/m1/s1. The number of aromatic nitrogens is 2. The number of piperazine rings is 1. The van der Waals surface area contributed by atoms with Crippen LogP contribution in [0.3, 0.4) is 0 Å². The van der Waals surface area contributed by atoms with Crippen molar-refractivity contribution in [1.82, 2.24) is 19.8 Å². The molecule has 2 aliphatic heterocycles. The van der Waals surface area contributed by atoms with Gasteiger partial charge in [-0.15, -0.1) is 0 Å². The molecule has 144 valence electrons. The molecule has 1 aromatic carbocycles. The number of rotatable bonds is 4. The Bertz CT molecular complexity index is 736. The summed E-state index contributed by atoms with van der Waals surface area (Å²) in [5.41, 5.74) is 3.45. The van der Waals surface area contributed by atoms with Crippen molar-refractivity contribution in [2.24, 2.45) is 0 Å². The highest BCUT2D eigenvalue weighted by atomic mass is 15.3. The number of likely N-dealkylation sites (N-methyl/N-ethyl adjacent to an activating group) is 1. The zero-order valence-electron chi connectivity index (χ0n) is 16.8. The van der Waals surface area contributed by atoms with E-state index in [0.717, 1.165) is 49.8 Å². The minimum atomic E-state index is 0.592. The van der Waals surface area contributed by atoms with Crippen LogP contribution in [-0.4, -0.2) is 65.1 Å². The number of anilines is 1. The van der Waals surface area contributed by atoms with Crippen molar-refractivity contribution in [1.29, 1.82) is 0 Å². The summed E-state index contributed by atoms with van der Waals surface area (Å²) in [7, 11) is 2.23. The van der Waals surface area contributed by atoms with E-state index in [2.05, 4.69) is 69.8 Å². The highest BCUT2D eigenvalue weighted by Gasteiger charge is 2.26. The molecule has 2 aliphatic rings. The van der Waals surface area contributed by atoms with E-state index in [1.165, 1.54) is 18.4 Å². The molecule has 2 fully saturated rings. The van der Waals surface area contributed by atoms with Gasteiger partial charge in [0.1, 0.15) is 5.82 Å². The van der Waals surface area contributed by atoms with E-state index in [1.54, 1.807) is 0 Å². The van der Waals surface area contributed by atoms with Crippen LogP contribution in [0.1, 0.15) is 32.3 Å². The molecule has 3 heterocycles. The summed E-state index contributed by atoms with van der Waals surface area (Å²) in [6, 6.07) is 10.0. The molecular weight excluding hydrogens is 334 g/mol. The average Bonchev–Trinajstić information content (AvgIpc) is 3.22. The van der Waals surface area contributed by atoms with Crippen molar-refractivity contribution in [3.05, 3.63) is 42.2 Å². The first-order valence-electron chi connectivity index (χ1n) is 10.2. The molecule has 1 aromatic heterocycles. The molecule has 0 radical (unpaired) electrons. The molecule has 0 saturated carbocycles. The molecular formula is C22H31N5. The van der Waals surface area contributed by atoms with Crippen LogP contribution in [0.25, 0.3) is 11.3 Å². The molecule has 0 spiro atoms.